The quantitative estimate of drug-likeness (QED) is 0.527. The molecule has 1 N–H and O–H groups in total. The molecule has 3 rings (SSSR count). The Labute approximate surface area is 184 Å². The molecule has 0 saturated carbocycles. The van der Waals surface area contributed by atoms with Crippen molar-refractivity contribution >= 4 is 26.1 Å². The normalized spacial score (nSPS) is 19.8. The second kappa shape index (κ2) is 9.64. The van der Waals surface area contributed by atoms with Gasteiger partial charge in [0, 0.05) is 57.9 Å². The maximum atomic E-state index is 12.9. The highest BCUT2D eigenvalue weighted by atomic mass is 32.2. The van der Waals surface area contributed by atoms with E-state index in [1.165, 1.54) is 32.9 Å². The zero-order valence-electron chi connectivity index (χ0n) is 17.4. The second-order valence-corrected chi connectivity index (χ2v) is 11.1. The summed E-state index contributed by atoms with van der Waals surface area (Å²) in [5, 5.41) is 0. The lowest BCUT2D eigenvalue weighted by Gasteiger charge is -2.39. The number of nitrogens with one attached hydrogen (secondary N) is 1. The van der Waals surface area contributed by atoms with Gasteiger partial charge in [-0.2, -0.15) is 21.8 Å². The predicted octanol–water partition coefficient (Wildman–Crippen LogP) is -1.15. The van der Waals surface area contributed by atoms with Crippen molar-refractivity contribution in [2.75, 3.05) is 66.0 Å². The van der Waals surface area contributed by atoms with Gasteiger partial charge >= 0.3 is 0 Å². The van der Waals surface area contributed by atoms with E-state index in [-0.39, 0.29) is 43.5 Å². The van der Waals surface area contributed by atoms with Gasteiger partial charge in [0.05, 0.1) is 11.4 Å². The number of terminal acetylenes is 1. The molecular weight excluding hydrogens is 442 g/mol. The van der Waals surface area contributed by atoms with Crippen molar-refractivity contribution in [3.8, 4) is 12.3 Å². The number of hydrogen-bond donors (Lipinski definition) is 1. The monoisotopic (exact) mass is 469 g/mol. The maximum absolute atomic E-state index is 12.9. The molecule has 2 fully saturated rings. The largest absolute Gasteiger partial charge is 0.336 e. The van der Waals surface area contributed by atoms with E-state index in [1.807, 2.05) is 7.05 Å². The average Bonchev–Trinajstić information content (AvgIpc) is 2.78. The molecule has 1 aromatic rings. The highest BCUT2D eigenvalue weighted by Crippen LogP contribution is 2.17. The minimum atomic E-state index is -3.73. The van der Waals surface area contributed by atoms with Gasteiger partial charge in [-0.3, -0.25) is 4.79 Å². The van der Waals surface area contributed by atoms with Crippen molar-refractivity contribution in [2.45, 2.75) is 4.90 Å². The van der Waals surface area contributed by atoms with Crippen LogP contribution in [0.15, 0.2) is 29.2 Å². The molecule has 1 amide bonds. The number of amides is 1. The van der Waals surface area contributed by atoms with E-state index in [0.717, 1.165) is 0 Å². The van der Waals surface area contributed by atoms with Crippen LogP contribution in [0.5, 0.6) is 0 Å². The molecule has 0 aromatic heterocycles. The lowest BCUT2D eigenvalue weighted by Crippen LogP contribution is -2.57. The van der Waals surface area contributed by atoms with Crippen LogP contribution in [0.4, 0.5) is 0 Å². The molecule has 2 saturated heterocycles. The molecule has 10 nitrogen and oxygen atoms in total. The summed E-state index contributed by atoms with van der Waals surface area (Å²) in [4.78, 5) is 16.5. The summed E-state index contributed by atoms with van der Waals surface area (Å²) in [5.41, 5.74) is 0.339. The summed E-state index contributed by atoms with van der Waals surface area (Å²) >= 11 is 0. The summed E-state index contributed by atoms with van der Waals surface area (Å²) in [6, 6.07) is 5.58. The van der Waals surface area contributed by atoms with E-state index in [4.69, 9.17) is 6.42 Å². The highest BCUT2D eigenvalue weighted by molar-refractivity contribution is 7.89. The van der Waals surface area contributed by atoms with Crippen LogP contribution >= 0.6 is 0 Å². The summed E-state index contributed by atoms with van der Waals surface area (Å²) < 4.78 is 55.1. The first-order valence-electron chi connectivity index (χ1n) is 9.91. The van der Waals surface area contributed by atoms with Crippen LogP contribution in [-0.2, 0) is 20.2 Å². The molecule has 1 aromatic carbocycles. The molecule has 2 aliphatic heterocycles. The number of rotatable bonds is 6. The molecule has 2 aliphatic rings. The first-order chi connectivity index (χ1) is 14.6. The first-order valence-corrected chi connectivity index (χ1v) is 12.8. The molecule has 12 heteroatoms. The molecule has 0 aliphatic carbocycles. The lowest BCUT2D eigenvalue weighted by atomic mass is 10.2. The fourth-order valence-corrected chi connectivity index (χ4v) is 5.99. The van der Waals surface area contributed by atoms with Crippen LogP contribution in [0, 0.1) is 12.3 Å². The van der Waals surface area contributed by atoms with Gasteiger partial charge in [0.15, 0.2) is 0 Å². The average molecular weight is 470 g/mol. The van der Waals surface area contributed by atoms with E-state index < -0.39 is 20.2 Å². The molecule has 0 atom stereocenters. The van der Waals surface area contributed by atoms with Crippen molar-refractivity contribution in [3.63, 3.8) is 0 Å². The minimum absolute atomic E-state index is 0.0161. The number of likely N-dealkylation sites (N-methyl/N-ethyl adjacent to an activating group) is 1. The Balaban J connectivity index is 1.59. The van der Waals surface area contributed by atoms with Crippen LogP contribution < -0.4 is 4.72 Å². The Morgan fingerprint density at radius 3 is 1.97 bits per heavy atom. The van der Waals surface area contributed by atoms with Gasteiger partial charge in [0.2, 0.25) is 10.0 Å². The molecule has 0 spiro atoms. The number of nitrogens with zero attached hydrogens (tertiary/aromatic N) is 4. The molecule has 170 valence electrons. The topological polar surface area (TPSA) is 110 Å². The number of carbonyl (C=O) groups excluding carboxylic acids is 1. The van der Waals surface area contributed by atoms with E-state index in [2.05, 4.69) is 15.5 Å². The number of piperazine rings is 2. The van der Waals surface area contributed by atoms with Gasteiger partial charge in [0.25, 0.3) is 16.1 Å². The summed E-state index contributed by atoms with van der Waals surface area (Å²) in [5.74, 6) is 1.93. The maximum Gasteiger partial charge on any atom is 0.282 e. The van der Waals surface area contributed by atoms with Gasteiger partial charge in [-0.15, -0.1) is 6.42 Å². The van der Waals surface area contributed by atoms with Crippen molar-refractivity contribution in [1.29, 1.82) is 0 Å². The van der Waals surface area contributed by atoms with Crippen LogP contribution in [0.2, 0.25) is 0 Å². The Bertz CT molecular complexity index is 1030. The first kappa shape index (κ1) is 23.6. The van der Waals surface area contributed by atoms with Crippen molar-refractivity contribution in [3.05, 3.63) is 29.8 Å². The zero-order chi connectivity index (χ0) is 22.6. The van der Waals surface area contributed by atoms with Gasteiger partial charge in [0.1, 0.15) is 0 Å². The SMILES string of the molecule is C#CCNS(=O)(=O)c1ccc(C(=O)N2CCN(S(=O)(=O)N3CCN(C)CC3)CC2)cc1. The standard InChI is InChI=1S/C19H27N5O5S2/c1-3-8-20-30(26,27)18-6-4-17(5-7-18)19(25)22-11-15-24(16-12-22)31(28,29)23-13-9-21(2)10-14-23/h1,4-7,20H,8-16H2,2H3. The minimum Gasteiger partial charge on any atom is -0.336 e. The van der Waals surface area contributed by atoms with E-state index in [1.54, 1.807) is 4.90 Å². The van der Waals surface area contributed by atoms with Gasteiger partial charge in [-0.25, -0.2) is 8.42 Å². The fraction of sp³-hybridized carbons (Fsp3) is 0.526. The third-order valence-electron chi connectivity index (χ3n) is 5.42. The molecule has 31 heavy (non-hydrogen) atoms. The third-order valence-corrected chi connectivity index (χ3v) is 8.87. The van der Waals surface area contributed by atoms with Crippen molar-refractivity contribution in [1.82, 2.24) is 23.1 Å². The van der Waals surface area contributed by atoms with Crippen molar-refractivity contribution in [2.24, 2.45) is 0 Å². The number of carbonyl (C=O) groups is 1. The third kappa shape index (κ3) is 5.43. The number of benzene rings is 1. The Morgan fingerprint density at radius 2 is 1.45 bits per heavy atom. The predicted molar refractivity (Wildman–Crippen MR) is 116 cm³/mol. The van der Waals surface area contributed by atoms with Crippen molar-refractivity contribution < 1.29 is 21.6 Å². The summed E-state index contributed by atoms with van der Waals surface area (Å²) in [6.07, 6.45) is 5.07. The molecule has 0 radical (unpaired) electrons. The van der Waals surface area contributed by atoms with Crippen LogP contribution in [-0.4, -0.2) is 107 Å². The zero-order valence-corrected chi connectivity index (χ0v) is 19.0. The number of hydrogen-bond acceptors (Lipinski definition) is 6. The van der Waals surface area contributed by atoms with E-state index in [9.17, 15) is 21.6 Å². The van der Waals surface area contributed by atoms with E-state index in [0.29, 0.717) is 31.7 Å². The highest BCUT2D eigenvalue weighted by Gasteiger charge is 2.34. The second-order valence-electron chi connectivity index (χ2n) is 7.45. The molecule has 2 heterocycles. The van der Waals surface area contributed by atoms with E-state index >= 15 is 0 Å². The number of sulfonamides is 1. The molecular formula is C19H27N5O5S2. The Morgan fingerprint density at radius 1 is 0.935 bits per heavy atom. The smallest absolute Gasteiger partial charge is 0.282 e. The summed E-state index contributed by atoms with van der Waals surface area (Å²) in [7, 11) is -5.30. The van der Waals surface area contributed by atoms with Gasteiger partial charge in [-0.1, -0.05) is 5.92 Å². The fourth-order valence-electron chi connectivity index (χ4n) is 3.48. The molecule has 0 bridgehead atoms. The van der Waals surface area contributed by atoms with Gasteiger partial charge in [-0.05, 0) is 31.3 Å². The summed E-state index contributed by atoms with van der Waals surface area (Å²) in [6.45, 7) is 3.19. The van der Waals surface area contributed by atoms with Crippen LogP contribution in [0.3, 0.4) is 0 Å². The van der Waals surface area contributed by atoms with Crippen LogP contribution in [0.25, 0.3) is 0 Å². The Hall–Kier alpha value is -2.01. The molecule has 0 unspecified atom stereocenters. The lowest BCUT2D eigenvalue weighted by molar-refractivity contribution is 0.0692. The van der Waals surface area contributed by atoms with Gasteiger partial charge < -0.3 is 9.80 Å². The Kier molecular flexibility index (Phi) is 7.35. The van der Waals surface area contributed by atoms with Crippen LogP contribution in [0.1, 0.15) is 10.4 Å².